The van der Waals surface area contributed by atoms with E-state index >= 15 is 0 Å². The van der Waals surface area contributed by atoms with Crippen molar-refractivity contribution in [2.45, 2.75) is 18.9 Å². The average Bonchev–Trinajstić information content (AvgIpc) is 3.23. The number of benzene rings is 1. The van der Waals surface area contributed by atoms with Crippen molar-refractivity contribution < 1.29 is 4.79 Å². The highest BCUT2D eigenvalue weighted by Crippen LogP contribution is 2.36. The number of carbonyl (C=O) groups excluding carboxylic acids is 1. The van der Waals surface area contributed by atoms with Crippen LogP contribution < -0.4 is 0 Å². The molecule has 2 aromatic heterocycles. The molecule has 0 bridgehead atoms. The number of aromatic nitrogens is 3. The van der Waals surface area contributed by atoms with Crippen molar-refractivity contribution in [2.75, 3.05) is 6.54 Å². The Balaban J connectivity index is 1.64. The van der Waals surface area contributed by atoms with Crippen LogP contribution in [0.3, 0.4) is 0 Å². The second-order valence-electron chi connectivity index (χ2n) is 6.09. The van der Waals surface area contributed by atoms with Gasteiger partial charge in [-0.15, -0.1) is 0 Å². The molecule has 6 heteroatoms. The first-order valence-electron chi connectivity index (χ1n) is 8.21. The summed E-state index contributed by atoms with van der Waals surface area (Å²) in [5, 5.41) is 6.80. The zero-order valence-corrected chi connectivity index (χ0v) is 15.1. The van der Waals surface area contributed by atoms with Crippen LogP contribution in [0.25, 0.3) is 0 Å². The second-order valence-corrected chi connectivity index (χ2v) is 6.95. The SMILES string of the molecule is O=C1c2ccccc2C(Cc2ncccc2Br)N1CCc1cn[nH]c1. The quantitative estimate of drug-likeness (QED) is 0.716. The van der Waals surface area contributed by atoms with E-state index < -0.39 is 0 Å². The summed E-state index contributed by atoms with van der Waals surface area (Å²) < 4.78 is 0.974. The molecule has 0 fully saturated rings. The number of hydrogen-bond donors (Lipinski definition) is 1. The molecule has 25 heavy (non-hydrogen) atoms. The van der Waals surface area contributed by atoms with Crippen molar-refractivity contribution in [3.63, 3.8) is 0 Å². The normalized spacial score (nSPS) is 16.3. The molecule has 4 rings (SSSR count). The van der Waals surface area contributed by atoms with Crippen LogP contribution in [0.4, 0.5) is 0 Å². The minimum absolute atomic E-state index is 0.00167. The smallest absolute Gasteiger partial charge is 0.254 e. The van der Waals surface area contributed by atoms with Crippen molar-refractivity contribution in [1.29, 1.82) is 0 Å². The first-order valence-corrected chi connectivity index (χ1v) is 9.00. The second kappa shape index (κ2) is 6.80. The molecule has 1 aliphatic rings. The van der Waals surface area contributed by atoms with E-state index in [1.807, 2.05) is 47.5 Å². The van der Waals surface area contributed by atoms with Crippen molar-refractivity contribution >= 4 is 21.8 Å². The molecule has 1 amide bonds. The summed E-state index contributed by atoms with van der Waals surface area (Å²) in [5.74, 6) is 0.0937. The molecule has 1 N–H and O–H groups in total. The molecule has 0 saturated heterocycles. The molecular formula is C19H17BrN4O. The van der Waals surface area contributed by atoms with Crippen LogP contribution in [-0.4, -0.2) is 32.5 Å². The Hall–Kier alpha value is -2.47. The third-order valence-electron chi connectivity index (χ3n) is 4.60. The fraction of sp³-hybridized carbons (Fsp3) is 0.211. The number of nitrogens with one attached hydrogen (secondary N) is 1. The molecule has 0 saturated carbocycles. The Bertz CT molecular complexity index is 894. The van der Waals surface area contributed by atoms with Gasteiger partial charge in [0.15, 0.2) is 0 Å². The Morgan fingerprint density at radius 3 is 2.88 bits per heavy atom. The van der Waals surface area contributed by atoms with Gasteiger partial charge in [-0.1, -0.05) is 18.2 Å². The topological polar surface area (TPSA) is 61.9 Å². The van der Waals surface area contributed by atoms with E-state index in [2.05, 4.69) is 31.1 Å². The summed E-state index contributed by atoms with van der Waals surface area (Å²) >= 11 is 3.57. The number of halogens is 1. The van der Waals surface area contributed by atoms with Gasteiger partial charge < -0.3 is 4.90 Å². The van der Waals surface area contributed by atoms with E-state index in [0.29, 0.717) is 13.0 Å². The highest BCUT2D eigenvalue weighted by molar-refractivity contribution is 9.10. The van der Waals surface area contributed by atoms with E-state index in [9.17, 15) is 4.79 Å². The minimum atomic E-state index is 0.00167. The van der Waals surface area contributed by atoms with Gasteiger partial charge in [-0.05, 0) is 51.7 Å². The molecule has 0 radical (unpaired) electrons. The summed E-state index contributed by atoms with van der Waals surface area (Å²) in [6.45, 7) is 0.655. The van der Waals surface area contributed by atoms with Crippen molar-refractivity contribution in [3.05, 3.63) is 81.8 Å². The molecule has 0 aliphatic carbocycles. The van der Waals surface area contributed by atoms with E-state index in [4.69, 9.17) is 0 Å². The molecule has 1 aromatic carbocycles. The van der Waals surface area contributed by atoms with Crippen LogP contribution in [-0.2, 0) is 12.8 Å². The Morgan fingerprint density at radius 2 is 2.08 bits per heavy atom. The fourth-order valence-electron chi connectivity index (χ4n) is 3.34. The zero-order valence-electron chi connectivity index (χ0n) is 13.5. The maximum absolute atomic E-state index is 12.9. The number of aromatic amines is 1. The average molecular weight is 397 g/mol. The lowest BCUT2D eigenvalue weighted by atomic mass is 10.0. The highest BCUT2D eigenvalue weighted by atomic mass is 79.9. The van der Waals surface area contributed by atoms with E-state index in [1.54, 1.807) is 12.4 Å². The monoisotopic (exact) mass is 396 g/mol. The number of nitrogens with zero attached hydrogens (tertiary/aromatic N) is 3. The number of rotatable bonds is 5. The van der Waals surface area contributed by atoms with Gasteiger partial charge in [-0.2, -0.15) is 5.10 Å². The standard InChI is InChI=1S/C19H17BrN4O/c20-16-6-3-8-21-17(16)10-18-14-4-1-2-5-15(14)19(25)24(18)9-7-13-11-22-23-12-13/h1-6,8,11-12,18H,7,9-10H2,(H,22,23). The van der Waals surface area contributed by atoms with Crippen LogP contribution in [0.2, 0.25) is 0 Å². The molecule has 1 aliphatic heterocycles. The zero-order chi connectivity index (χ0) is 17.2. The first kappa shape index (κ1) is 16.0. The number of hydrogen-bond acceptors (Lipinski definition) is 3. The van der Waals surface area contributed by atoms with Gasteiger partial charge >= 0.3 is 0 Å². The van der Waals surface area contributed by atoms with E-state index in [0.717, 1.165) is 33.3 Å². The first-order chi connectivity index (χ1) is 12.2. The van der Waals surface area contributed by atoms with Crippen LogP contribution in [0.15, 0.2) is 59.5 Å². The lowest BCUT2D eigenvalue weighted by molar-refractivity contribution is 0.0726. The number of pyridine rings is 1. The van der Waals surface area contributed by atoms with Gasteiger partial charge in [-0.25, -0.2) is 0 Å². The predicted molar refractivity (Wildman–Crippen MR) is 98.2 cm³/mol. The molecule has 126 valence electrons. The molecule has 1 atom stereocenters. The van der Waals surface area contributed by atoms with Gasteiger partial charge in [0.1, 0.15) is 0 Å². The maximum Gasteiger partial charge on any atom is 0.254 e. The number of fused-ring (bicyclic) bond motifs is 1. The van der Waals surface area contributed by atoms with Gasteiger partial charge in [0.2, 0.25) is 0 Å². The number of H-pyrrole nitrogens is 1. The molecule has 1 unspecified atom stereocenters. The highest BCUT2D eigenvalue weighted by Gasteiger charge is 2.36. The van der Waals surface area contributed by atoms with Gasteiger partial charge in [0.25, 0.3) is 5.91 Å². The molecular weight excluding hydrogens is 380 g/mol. The number of carbonyl (C=O) groups is 1. The van der Waals surface area contributed by atoms with Gasteiger partial charge in [0, 0.05) is 35.4 Å². The summed E-state index contributed by atoms with van der Waals surface area (Å²) in [5.41, 5.74) is 3.94. The van der Waals surface area contributed by atoms with Crippen molar-refractivity contribution in [2.24, 2.45) is 0 Å². The molecule has 0 spiro atoms. The fourth-order valence-corrected chi connectivity index (χ4v) is 3.76. The summed E-state index contributed by atoms with van der Waals surface area (Å²) in [4.78, 5) is 19.4. The number of amides is 1. The predicted octanol–water partition coefficient (Wildman–Crippen LogP) is 3.55. The third-order valence-corrected chi connectivity index (χ3v) is 5.33. The largest absolute Gasteiger partial charge is 0.331 e. The van der Waals surface area contributed by atoms with Gasteiger partial charge in [0.05, 0.1) is 17.9 Å². The Labute approximate surface area is 154 Å². The summed E-state index contributed by atoms with van der Waals surface area (Å²) in [6.07, 6.45) is 6.93. The maximum atomic E-state index is 12.9. The van der Waals surface area contributed by atoms with Crippen molar-refractivity contribution in [1.82, 2.24) is 20.1 Å². The summed E-state index contributed by atoms with van der Waals surface area (Å²) in [7, 11) is 0. The van der Waals surface area contributed by atoms with Crippen LogP contribution >= 0.6 is 15.9 Å². The van der Waals surface area contributed by atoms with E-state index in [-0.39, 0.29) is 11.9 Å². The minimum Gasteiger partial charge on any atom is -0.331 e. The third kappa shape index (κ3) is 3.09. The lowest BCUT2D eigenvalue weighted by Gasteiger charge is -2.25. The molecule has 3 heterocycles. The Kier molecular flexibility index (Phi) is 4.36. The lowest BCUT2D eigenvalue weighted by Crippen LogP contribution is -2.31. The van der Waals surface area contributed by atoms with Crippen molar-refractivity contribution in [3.8, 4) is 0 Å². The Morgan fingerprint density at radius 1 is 1.20 bits per heavy atom. The molecule has 5 nitrogen and oxygen atoms in total. The van der Waals surface area contributed by atoms with Crippen LogP contribution in [0.5, 0.6) is 0 Å². The summed E-state index contributed by atoms with van der Waals surface area (Å²) in [6, 6.07) is 11.8. The van der Waals surface area contributed by atoms with Crippen LogP contribution in [0, 0.1) is 0 Å². The van der Waals surface area contributed by atoms with Crippen LogP contribution in [0.1, 0.15) is 33.2 Å². The van der Waals surface area contributed by atoms with E-state index in [1.165, 1.54) is 0 Å². The molecule has 3 aromatic rings. The van der Waals surface area contributed by atoms with Gasteiger partial charge in [-0.3, -0.25) is 14.9 Å².